The van der Waals surface area contributed by atoms with E-state index < -0.39 is 0 Å². The highest BCUT2D eigenvalue weighted by molar-refractivity contribution is 5.92. The number of rotatable bonds is 6. The summed E-state index contributed by atoms with van der Waals surface area (Å²) >= 11 is 0. The van der Waals surface area contributed by atoms with Gasteiger partial charge in [0.15, 0.2) is 6.61 Å². The number of anilines is 3. The first-order valence-corrected chi connectivity index (χ1v) is 7.69. The van der Waals surface area contributed by atoms with Crippen molar-refractivity contribution in [2.45, 2.75) is 0 Å². The second kappa shape index (κ2) is 7.83. The molecule has 0 spiro atoms. The number of hydrogen-bond acceptors (Lipinski definition) is 3. The minimum Gasteiger partial charge on any atom is -0.484 e. The molecular weight excluding hydrogens is 300 g/mol. The van der Waals surface area contributed by atoms with Crippen molar-refractivity contribution in [3.63, 3.8) is 0 Å². The third kappa shape index (κ3) is 4.61. The fourth-order valence-electron chi connectivity index (χ4n) is 2.23. The second-order valence-electron chi connectivity index (χ2n) is 5.22. The lowest BCUT2D eigenvalue weighted by molar-refractivity contribution is -0.118. The summed E-state index contributed by atoms with van der Waals surface area (Å²) in [6.07, 6.45) is 0. The van der Waals surface area contributed by atoms with Crippen molar-refractivity contribution in [1.82, 2.24) is 0 Å². The maximum atomic E-state index is 12.0. The Morgan fingerprint density at radius 2 is 1.38 bits per heavy atom. The van der Waals surface area contributed by atoms with Crippen molar-refractivity contribution in [3.8, 4) is 5.75 Å². The maximum absolute atomic E-state index is 12.0. The van der Waals surface area contributed by atoms with Gasteiger partial charge in [-0.15, -0.1) is 0 Å². The largest absolute Gasteiger partial charge is 0.484 e. The number of benzene rings is 3. The Morgan fingerprint density at radius 1 is 0.750 bits per heavy atom. The fraction of sp³-hybridized carbons (Fsp3) is 0.0500. The van der Waals surface area contributed by atoms with Crippen LogP contribution in [0, 0.1) is 0 Å². The molecular formula is C20H18N2O2. The van der Waals surface area contributed by atoms with Crippen LogP contribution < -0.4 is 15.4 Å². The summed E-state index contributed by atoms with van der Waals surface area (Å²) in [6.45, 7) is -0.0274. The topological polar surface area (TPSA) is 50.4 Å². The molecule has 3 aromatic rings. The van der Waals surface area contributed by atoms with Gasteiger partial charge in [-0.2, -0.15) is 0 Å². The summed E-state index contributed by atoms with van der Waals surface area (Å²) in [6, 6.07) is 26.7. The zero-order chi connectivity index (χ0) is 16.6. The number of amides is 1. The smallest absolute Gasteiger partial charge is 0.262 e. The molecule has 1 amide bonds. The standard InChI is InChI=1S/C20H18N2O2/c23-20(15-24-19-12-5-2-6-13-19)22-18-11-7-10-17(14-18)21-16-8-3-1-4-9-16/h1-14,21H,15H2,(H,22,23). The molecule has 3 rings (SSSR count). The Balaban J connectivity index is 1.57. The summed E-state index contributed by atoms with van der Waals surface area (Å²) < 4.78 is 5.44. The zero-order valence-corrected chi connectivity index (χ0v) is 13.1. The van der Waals surface area contributed by atoms with Crippen LogP contribution in [0.25, 0.3) is 0 Å². The Kier molecular flexibility index (Phi) is 5.10. The quantitative estimate of drug-likeness (QED) is 0.706. The Morgan fingerprint density at radius 3 is 2.12 bits per heavy atom. The number of nitrogens with one attached hydrogen (secondary N) is 2. The molecule has 0 saturated carbocycles. The lowest BCUT2D eigenvalue weighted by atomic mass is 10.2. The molecule has 120 valence electrons. The molecule has 0 aliphatic heterocycles. The fourth-order valence-corrected chi connectivity index (χ4v) is 2.23. The van der Waals surface area contributed by atoms with Crippen molar-refractivity contribution >= 4 is 23.0 Å². The van der Waals surface area contributed by atoms with Gasteiger partial charge in [0.2, 0.25) is 0 Å². The van der Waals surface area contributed by atoms with Crippen LogP contribution in [0.2, 0.25) is 0 Å². The van der Waals surface area contributed by atoms with Gasteiger partial charge in [0.1, 0.15) is 5.75 Å². The van der Waals surface area contributed by atoms with E-state index in [-0.39, 0.29) is 12.5 Å². The van der Waals surface area contributed by atoms with Gasteiger partial charge in [0.25, 0.3) is 5.91 Å². The first-order valence-electron chi connectivity index (χ1n) is 7.69. The number of para-hydroxylation sites is 2. The van der Waals surface area contributed by atoms with Gasteiger partial charge in [0.05, 0.1) is 0 Å². The van der Waals surface area contributed by atoms with E-state index in [9.17, 15) is 4.79 Å². The molecule has 4 nitrogen and oxygen atoms in total. The number of carbonyl (C=O) groups is 1. The molecule has 3 aromatic carbocycles. The lowest BCUT2D eigenvalue weighted by Gasteiger charge is -2.10. The molecule has 0 aliphatic rings. The molecule has 0 radical (unpaired) electrons. The van der Waals surface area contributed by atoms with E-state index in [2.05, 4.69) is 10.6 Å². The molecule has 0 atom stereocenters. The highest BCUT2D eigenvalue weighted by Gasteiger charge is 2.04. The van der Waals surface area contributed by atoms with Gasteiger partial charge in [-0.3, -0.25) is 4.79 Å². The summed E-state index contributed by atoms with van der Waals surface area (Å²) in [5.74, 6) is 0.475. The molecule has 0 bridgehead atoms. The van der Waals surface area contributed by atoms with Crippen LogP contribution in [0.5, 0.6) is 5.75 Å². The number of carbonyl (C=O) groups excluding carboxylic acids is 1. The van der Waals surface area contributed by atoms with Crippen LogP contribution in [-0.2, 0) is 4.79 Å². The zero-order valence-electron chi connectivity index (χ0n) is 13.1. The van der Waals surface area contributed by atoms with E-state index in [1.165, 1.54) is 0 Å². The molecule has 24 heavy (non-hydrogen) atoms. The number of hydrogen-bond donors (Lipinski definition) is 2. The monoisotopic (exact) mass is 318 g/mol. The van der Waals surface area contributed by atoms with Crippen LogP contribution in [0.15, 0.2) is 84.9 Å². The molecule has 4 heteroatoms. The van der Waals surface area contributed by atoms with Gasteiger partial charge >= 0.3 is 0 Å². The van der Waals surface area contributed by atoms with Crippen LogP contribution in [0.1, 0.15) is 0 Å². The Bertz CT molecular complexity index is 789. The van der Waals surface area contributed by atoms with Crippen molar-refractivity contribution in [3.05, 3.63) is 84.9 Å². The molecule has 0 aliphatic carbocycles. The predicted octanol–water partition coefficient (Wildman–Crippen LogP) is 4.45. The maximum Gasteiger partial charge on any atom is 0.262 e. The van der Waals surface area contributed by atoms with Gasteiger partial charge < -0.3 is 15.4 Å². The van der Waals surface area contributed by atoms with Crippen molar-refractivity contribution in [1.29, 1.82) is 0 Å². The summed E-state index contributed by atoms with van der Waals surface area (Å²) in [4.78, 5) is 12.0. The third-order valence-corrected chi connectivity index (χ3v) is 3.32. The van der Waals surface area contributed by atoms with Gasteiger partial charge in [-0.25, -0.2) is 0 Å². The Hall–Kier alpha value is -3.27. The van der Waals surface area contributed by atoms with Gasteiger partial charge in [0, 0.05) is 17.1 Å². The normalized spacial score (nSPS) is 10.0. The van der Waals surface area contributed by atoms with E-state index in [1.54, 1.807) is 0 Å². The third-order valence-electron chi connectivity index (χ3n) is 3.32. The average molecular weight is 318 g/mol. The highest BCUT2D eigenvalue weighted by atomic mass is 16.5. The summed E-state index contributed by atoms with van der Waals surface area (Å²) in [5, 5.41) is 6.13. The van der Waals surface area contributed by atoms with Crippen LogP contribution in [0.4, 0.5) is 17.1 Å². The van der Waals surface area contributed by atoms with E-state index in [0.717, 1.165) is 17.1 Å². The van der Waals surface area contributed by atoms with Crippen molar-refractivity contribution in [2.75, 3.05) is 17.2 Å². The van der Waals surface area contributed by atoms with E-state index >= 15 is 0 Å². The van der Waals surface area contributed by atoms with Crippen molar-refractivity contribution in [2.24, 2.45) is 0 Å². The predicted molar refractivity (Wildman–Crippen MR) is 96.7 cm³/mol. The van der Waals surface area contributed by atoms with Gasteiger partial charge in [-0.1, -0.05) is 42.5 Å². The minimum atomic E-state index is -0.198. The second-order valence-corrected chi connectivity index (χ2v) is 5.22. The molecule has 0 heterocycles. The summed E-state index contributed by atoms with van der Waals surface area (Å²) in [5.41, 5.74) is 2.62. The first kappa shape index (κ1) is 15.6. The van der Waals surface area contributed by atoms with E-state index in [1.807, 2.05) is 84.9 Å². The lowest BCUT2D eigenvalue weighted by Crippen LogP contribution is -2.20. The average Bonchev–Trinajstić information content (AvgIpc) is 2.62. The molecule has 0 unspecified atom stereocenters. The molecule has 2 N–H and O–H groups in total. The first-order chi connectivity index (χ1) is 11.8. The molecule has 0 fully saturated rings. The number of ether oxygens (including phenoxy) is 1. The SMILES string of the molecule is O=C(COc1ccccc1)Nc1cccc(Nc2ccccc2)c1. The minimum absolute atomic E-state index is 0.0274. The van der Waals surface area contributed by atoms with Crippen molar-refractivity contribution < 1.29 is 9.53 Å². The van der Waals surface area contributed by atoms with Gasteiger partial charge in [-0.05, 0) is 42.5 Å². The van der Waals surface area contributed by atoms with Crippen LogP contribution in [-0.4, -0.2) is 12.5 Å². The molecule has 0 saturated heterocycles. The van der Waals surface area contributed by atoms with E-state index in [0.29, 0.717) is 5.75 Å². The van der Waals surface area contributed by atoms with Crippen LogP contribution in [0.3, 0.4) is 0 Å². The molecule has 0 aromatic heterocycles. The van der Waals surface area contributed by atoms with E-state index in [4.69, 9.17) is 4.74 Å². The summed E-state index contributed by atoms with van der Waals surface area (Å²) in [7, 11) is 0. The van der Waals surface area contributed by atoms with Crippen LogP contribution >= 0.6 is 0 Å². The Labute approximate surface area is 141 Å². The highest BCUT2D eigenvalue weighted by Crippen LogP contribution is 2.20.